The van der Waals surface area contributed by atoms with Gasteiger partial charge < -0.3 is 10.6 Å². The van der Waals surface area contributed by atoms with Crippen LogP contribution in [0.1, 0.15) is 5.69 Å². The molecular formula is C20H16N4OS2. The lowest BCUT2D eigenvalue weighted by atomic mass is 10.2. The summed E-state index contributed by atoms with van der Waals surface area (Å²) in [5.41, 5.74) is 1.51. The number of amides is 1. The Morgan fingerprint density at radius 1 is 1.19 bits per heavy atom. The Hall–Kier alpha value is -3.08. The van der Waals surface area contributed by atoms with Gasteiger partial charge in [-0.1, -0.05) is 42.1 Å². The molecule has 2 aromatic carbocycles. The largest absolute Gasteiger partial charge is 0.337 e. The molecule has 27 heavy (non-hydrogen) atoms. The Kier molecular flexibility index (Phi) is 6.26. The third-order valence-electron chi connectivity index (χ3n) is 3.43. The van der Waals surface area contributed by atoms with Gasteiger partial charge in [-0.3, -0.25) is 4.79 Å². The number of anilines is 2. The molecular weight excluding hydrogens is 376 g/mol. The van der Waals surface area contributed by atoms with Gasteiger partial charge >= 0.3 is 0 Å². The number of nitriles is 1. The average molecular weight is 393 g/mol. The van der Waals surface area contributed by atoms with Crippen LogP contribution in [0, 0.1) is 18.3 Å². The lowest BCUT2D eigenvalue weighted by Gasteiger charge is -2.10. The van der Waals surface area contributed by atoms with Crippen LogP contribution in [0.2, 0.25) is 0 Å². The van der Waals surface area contributed by atoms with Crippen LogP contribution in [-0.2, 0) is 4.79 Å². The SMILES string of the molecule is Cc1csc(N/C=C(/C#N)C(=O)Nc2ccccc2Sc2ccccc2)n1. The third kappa shape index (κ3) is 5.20. The fourth-order valence-corrected chi connectivity index (χ4v) is 3.75. The average Bonchev–Trinajstić information content (AvgIpc) is 3.10. The number of rotatable bonds is 6. The van der Waals surface area contributed by atoms with Crippen LogP contribution in [0.15, 0.2) is 81.5 Å². The second-order valence-electron chi connectivity index (χ2n) is 5.47. The first-order valence-electron chi connectivity index (χ1n) is 8.08. The highest BCUT2D eigenvalue weighted by Gasteiger charge is 2.12. The van der Waals surface area contributed by atoms with Crippen molar-refractivity contribution in [3.8, 4) is 6.07 Å². The molecule has 1 aromatic heterocycles. The number of hydrogen-bond acceptors (Lipinski definition) is 6. The van der Waals surface area contributed by atoms with Crippen LogP contribution >= 0.6 is 23.1 Å². The molecule has 0 unspecified atom stereocenters. The van der Waals surface area contributed by atoms with Crippen LogP contribution in [0.3, 0.4) is 0 Å². The van der Waals surface area contributed by atoms with Gasteiger partial charge in [0.1, 0.15) is 11.6 Å². The molecule has 0 aliphatic carbocycles. The number of aryl methyl sites for hydroxylation is 1. The van der Waals surface area contributed by atoms with E-state index in [0.29, 0.717) is 10.8 Å². The lowest BCUT2D eigenvalue weighted by Crippen LogP contribution is -2.15. The number of thiazole rings is 1. The van der Waals surface area contributed by atoms with Gasteiger partial charge in [0.2, 0.25) is 0 Å². The summed E-state index contributed by atoms with van der Waals surface area (Å²) in [5, 5.41) is 17.6. The van der Waals surface area contributed by atoms with Gasteiger partial charge in [0, 0.05) is 21.4 Å². The lowest BCUT2D eigenvalue weighted by molar-refractivity contribution is -0.112. The topological polar surface area (TPSA) is 77.8 Å². The first-order valence-corrected chi connectivity index (χ1v) is 9.77. The quantitative estimate of drug-likeness (QED) is 0.453. The maximum atomic E-state index is 12.5. The predicted octanol–water partition coefficient (Wildman–Crippen LogP) is 5.06. The highest BCUT2D eigenvalue weighted by atomic mass is 32.2. The molecule has 0 atom stereocenters. The molecule has 0 spiro atoms. The van der Waals surface area contributed by atoms with E-state index < -0.39 is 5.91 Å². The Balaban J connectivity index is 1.74. The van der Waals surface area contributed by atoms with Gasteiger partial charge in [-0.25, -0.2) is 4.98 Å². The number of benzene rings is 2. The molecule has 3 rings (SSSR count). The van der Waals surface area contributed by atoms with E-state index in [9.17, 15) is 10.1 Å². The highest BCUT2D eigenvalue weighted by molar-refractivity contribution is 7.99. The predicted molar refractivity (Wildman–Crippen MR) is 110 cm³/mol. The van der Waals surface area contributed by atoms with Crippen LogP contribution in [-0.4, -0.2) is 10.9 Å². The number of carbonyl (C=O) groups excluding carboxylic acids is 1. The number of nitrogens with zero attached hydrogens (tertiary/aromatic N) is 2. The van der Waals surface area contributed by atoms with Crippen molar-refractivity contribution >= 4 is 39.8 Å². The monoisotopic (exact) mass is 392 g/mol. The summed E-state index contributed by atoms with van der Waals surface area (Å²) >= 11 is 2.96. The number of aromatic nitrogens is 1. The number of carbonyl (C=O) groups is 1. The molecule has 7 heteroatoms. The minimum atomic E-state index is -0.473. The molecule has 5 nitrogen and oxygen atoms in total. The minimum Gasteiger partial charge on any atom is -0.337 e. The van der Waals surface area contributed by atoms with Crippen molar-refractivity contribution in [2.75, 3.05) is 10.6 Å². The van der Waals surface area contributed by atoms with Crippen molar-refractivity contribution < 1.29 is 4.79 Å². The first kappa shape index (κ1) is 18.7. The molecule has 0 radical (unpaired) electrons. The standard InChI is InChI=1S/C20H16N4OS2/c1-14-13-26-20(23-14)22-12-15(11-21)19(25)24-17-9-5-6-10-18(17)27-16-7-3-2-4-8-16/h2-10,12-13H,1H3,(H,22,23)(H,24,25)/b15-12-. The van der Waals surface area contributed by atoms with Crippen molar-refractivity contribution in [3.05, 3.63) is 77.4 Å². The normalized spacial score (nSPS) is 10.9. The second-order valence-corrected chi connectivity index (χ2v) is 7.45. The van der Waals surface area contributed by atoms with Crippen LogP contribution in [0.25, 0.3) is 0 Å². The summed E-state index contributed by atoms with van der Waals surface area (Å²) in [6.45, 7) is 1.88. The third-order valence-corrected chi connectivity index (χ3v) is 5.41. The molecule has 3 aromatic rings. The Labute approximate surface area is 165 Å². The molecule has 134 valence electrons. The van der Waals surface area contributed by atoms with E-state index in [0.717, 1.165) is 15.5 Å². The molecule has 0 saturated carbocycles. The van der Waals surface area contributed by atoms with Crippen molar-refractivity contribution in [1.29, 1.82) is 5.26 Å². The van der Waals surface area contributed by atoms with Crippen molar-refractivity contribution in [3.63, 3.8) is 0 Å². The fourth-order valence-electron chi connectivity index (χ4n) is 2.17. The summed E-state index contributed by atoms with van der Waals surface area (Å²) in [4.78, 5) is 18.7. The first-order chi connectivity index (χ1) is 13.2. The molecule has 1 amide bonds. The molecule has 0 aliphatic rings. The van der Waals surface area contributed by atoms with Gasteiger partial charge in [-0.15, -0.1) is 11.3 Å². The molecule has 0 aliphatic heterocycles. The van der Waals surface area contributed by atoms with E-state index >= 15 is 0 Å². The Morgan fingerprint density at radius 3 is 2.63 bits per heavy atom. The Bertz CT molecular complexity index is 1010. The smallest absolute Gasteiger partial charge is 0.267 e. The molecule has 0 bridgehead atoms. The van der Waals surface area contributed by atoms with E-state index in [-0.39, 0.29) is 5.57 Å². The van der Waals surface area contributed by atoms with E-state index in [2.05, 4.69) is 15.6 Å². The van der Waals surface area contributed by atoms with Gasteiger partial charge in [0.05, 0.1) is 11.4 Å². The maximum absolute atomic E-state index is 12.5. The van der Waals surface area contributed by atoms with Gasteiger partial charge in [-0.05, 0) is 31.2 Å². The zero-order chi connectivity index (χ0) is 19.1. The fraction of sp³-hybridized carbons (Fsp3) is 0.0500. The molecule has 0 saturated heterocycles. The van der Waals surface area contributed by atoms with Crippen molar-refractivity contribution in [1.82, 2.24) is 4.98 Å². The van der Waals surface area contributed by atoms with E-state index in [1.165, 1.54) is 17.5 Å². The van der Waals surface area contributed by atoms with E-state index in [4.69, 9.17) is 0 Å². The molecule has 2 N–H and O–H groups in total. The summed E-state index contributed by atoms with van der Waals surface area (Å²) in [7, 11) is 0. The Morgan fingerprint density at radius 2 is 1.93 bits per heavy atom. The van der Waals surface area contributed by atoms with Gasteiger partial charge in [-0.2, -0.15) is 5.26 Å². The maximum Gasteiger partial charge on any atom is 0.267 e. The molecule has 0 fully saturated rings. The summed E-state index contributed by atoms with van der Waals surface area (Å²) in [5.74, 6) is -0.473. The number of hydrogen-bond donors (Lipinski definition) is 2. The number of nitrogens with one attached hydrogen (secondary N) is 2. The van der Waals surface area contributed by atoms with E-state index in [1.54, 1.807) is 11.8 Å². The summed E-state index contributed by atoms with van der Waals surface area (Å²) in [6, 6.07) is 19.3. The summed E-state index contributed by atoms with van der Waals surface area (Å²) < 4.78 is 0. The van der Waals surface area contributed by atoms with E-state index in [1.807, 2.05) is 73.0 Å². The van der Waals surface area contributed by atoms with Crippen LogP contribution in [0.4, 0.5) is 10.8 Å². The highest BCUT2D eigenvalue weighted by Crippen LogP contribution is 2.33. The van der Waals surface area contributed by atoms with Crippen molar-refractivity contribution in [2.45, 2.75) is 16.7 Å². The van der Waals surface area contributed by atoms with Crippen LogP contribution in [0.5, 0.6) is 0 Å². The van der Waals surface area contributed by atoms with Gasteiger partial charge in [0.15, 0.2) is 5.13 Å². The van der Waals surface area contributed by atoms with Crippen molar-refractivity contribution in [2.24, 2.45) is 0 Å². The number of para-hydroxylation sites is 1. The zero-order valence-electron chi connectivity index (χ0n) is 14.5. The molecule has 1 heterocycles. The van der Waals surface area contributed by atoms with Gasteiger partial charge in [0.25, 0.3) is 5.91 Å². The second kappa shape index (κ2) is 9.03. The summed E-state index contributed by atoms with van der Waals surface area (Å²) in [6.07, 6.45) is 1.38. The minimum absolute atomic E-state index is 0.0256. The van der Waals surface area contributed by atoms with Crippen LogP contribution < -0.4 is 10.6 Å². The zero-order valence-corrected chi connectivity index (χ0v) is 16.1.